The van der Waals surface area contributed by atoms with Crippen molar-refractivity contribution in [2.75, 3.05) is 26.6 Å². The molecule has 0 radical (unpaired) electrons. The number of pyridine rings is 1. The zero-order valence-electron chi connectivity index (χ0n) is 21.7. The van der Waals surface area contributed by atoms with Gasteiger partial charge in [0.05, 0.1) is 21.3 Å². The number of ether oxygens (including phenoxy) is 3. The lowest BCUT2D eigenvalue weighted by Gasteiger charge is -2.14. The van der Waals surface area contributed by atoms with Gasteiger partial charge in [-0.05, 0) is 18.2 Å². The number of halogens is 3. The summed E-state index contributed by atoms with van der Waals surface area (Å²) in [6.07, 6.45) is 2.35. The average Bonchev–Trinajstić information content (AvgIpc) is 3.69. The van der Waals surface area contributed by atoms with Crippen molar-refractivity contribution in [3.8, 4) is 34.3 Å². The van der Waals surface area contributed by atoms with Crippen molar-refractivity contribution in [3.05, 3.63) is 78.6 Å². The lowest BCUT2D eigenvalue weighted by atomic mass is 10.1. The van der Waals surface area contributed by atoms with E-state index in [1.807, 2.05) is 0 Å². The molecule has 0 unspecified atom stereocenters. The number of nitrogens with one attached hydrogen (secondary N) is 1. The highest BCUT2D eigenvalue weighted by atomic mass is 19.4. The minimum absolute atomic E-state index is 0.0164. The average molecular weight is 567 g/mol. The molecule has 0 aliphatic heterocycles. The summed E-state index contributed by atoms with van der Waals surface area (Å²) in [5, 5.41) is 10.8. The predicted molar refractivity (Wildman–Crippen MR) is 139 cm³/mol. The second-order valence-electron chi connectivity index (χ2n) is 8.34. The topological polar surface area (TPSA) is 131 Å². The molecule has 0 atom stereocenters. The molecule has 0 aliphatic carbocycles. The second kappa shape index (κ2) is 11.0. The molecule has 0 spiro atoms. The normalized spacial score (nSPS) is 11.3. The van der Waals surface area contributed by atoms with Gasteiger partial charge in [-0.3, -0.25) is 0 Å². The molecule has 1 N–H and O–H groups in total. The Labute approximate surface area is 230 Å². The number of carbonyl (C=O) groups is 1. The van der Waals surface area contributed by atoms with Gasteiger partial charge in [-0.15, -0.1) is 0 Å². The molecule has 0 bridgehead atoms. The largest absolute Gasteiger partial charge is 0.497 e. The van der Waals surface area contributed by atoms with Gasteiger partial charge in [-0.1, -0.05) is 0 Å². The zero-order chi connectivity index (χ0) is 29.1. The number of anilines is 2. The lowest BCUT2D eigenvalue weighted by molar-refractivity contribution is -0.141. The van der Waals surface area contributed by atoms with Gasteiger partial charge in [0.25, 0.3) is 0 Å². The van der Waals surface area contributed by atoms with Gasteiger partial charge >= 0.3 is 12.1 Å². The van der Waals surface area contributed by atoms with Crippen molar-refractivity contribution in [3.63, 3.8) is 0 Å². The Hall–Kier alpha value is -5.47. The molecule has 15 heteroatoms. The van der Waals surface area contributed by atoms with E-state index in [1.165, 1.54) is 50.7 Å². The number of methoxy groups -OCH3 is 3. The molecule has 0 saturated carbocycles. The van der Waals surface area contributed by atoms with E-state index in [0.29, 0.717) is 22.7 Å². The first-order valence-electron chi connectivity index (χ1n) is 11.8. The van der Waals surface area contributed by atoms with Gasteiger partial charge in [-0.25, -0.2) is 24.1 Å². The van der Waals surface area contributed by atoms with E-state index in [2.05, 4.69) is 30.5 Å². The highest BCUT2D eigenvalue weighted by Crippen LogP contribution is 2.32. The van der Waals surface area contributed by atoms with E-state index in [0.717, 1.165) is 16.9 Å². The molecular weight excluding hydrogens is 545 g/mol. The Morgan fingerprint density at radius 1 is 0.927 bits per heavy atom. The molecule has 0 saturated heterocycles. The van der Waals surface area contributed by atoms with Crippen molar-refractivity contribution >= 4 is 17.6 Å². The van der Waals surface area contributed by atoms with Gasteiger partial charge in [-0.2, -0.15) is 28.4 Å². The third-order valence-electron chi connectivity index (χ3n) is 5.78. The van der Waals surface area contributed by atoms with Crippen LogP contribution in [0.25, 0.3) is 22.8 Å². The van der Waals surface area contributed by atoms with E-state index >= 15 is 0 Å². The first-order valence-corrected chi connectivity index (χ1v) is 11.8. The van der Waals surface area contributed by atoms with Gasteiger partial charge in [0, 0.05) is 66.0 Å². The number of carbonyl (C=O) groups excluding carboxylic acids is 1. The summed E-state index contributed by atoms with van der Waals surface area (Å²) in [7, 11) is 4.20. The van der Waals surface area contributed by atoms with Gasteiger partial charge in [0.2, 0.25) is 5.95 Å². The molecule has 5 aromatic rings. The number of esters is 1. The van der Waals surface area contributed by atoms with Crippen LogP contribution in [0, 0.1) is 0 Å². The number of nitrogens with zero attached hydrogens (tertiary/aromatic N) is 7. The van der Waals surface area contributed by atoms with Crippen LogP contribution < -0.4 is 14.8 Å². The van der Waals surface area contributed by atoms with Crippen LogP contribution in [0.15, 0.2) is 67.4 Å². The Morgan fingerprint density at radius 3 is 2.29 bits per heavy atom. The molecule has 1 aromatic carbocycles. The van der Waals surface area contributed by atoms with Crippen LogP contribution in [-0.4, -0.2) is 61.8 Å². The van der Waals surface area contributed by atoms with E-state index in [9.17, 15) is 18.0 Å². The summed E-state index contributed by atoms with van der Waals surface area (Å²) in [5.41, 5.74) is -0.0110. The molecular formula is C26H21F3N8O4. The third kappa shape index (κ3) is 5.63. The molecule has 4 heterocycles. The fourth-order valence-electron chi connectivity index (χ4n) is 3.85. The number of alkyl halides is 3. The van der Waals surface area contributed by atoms with E-state index in [-0.39, 0.29) is 28.7 Å². The summed E-state index contributed by atoms with van der Waals surface area (Å²) < 4.78 is 58.0. The lowest BCUT2D eigenvalue weighted by Crippen LogP contribution is -2.12. The minimum atomic E-state index is -4.68. The quantitative estimate of drug-likeness (QED) is 0.268. The second-order valence-corrected chi connectivity index (χ2v) is 8.34. The van der Waals surface area contributed by atoms with E-state index in [4.69, 9.17) is 14.2 Å². The summed E-state index contributed by atoms with van der Waals surface area (Å²) in [5.74, 6) is 0.496. The van der Waals surface area contributed by atoms with Crippen molar-refractivity contribution in [2.45, 2.75) is 6.18 Å². The molecule has 0 amide bonds. The summed E-state index contributed by atoms with van der Waals surface area (Å²) in [6.45, 7) is 0. The van der Waals surface area contributed by atoms with Crippen LogP contribution in [0.5, 0.6) is 11.5 Å². The predicted octanol–water partition coefficient (Wildman–Crippen LogP) is 4.48. The van der Waals surface area contributed by atoms with E-state index < -0.39 is 17.8 Å². The Kier molecular flexibility index (Phi) is 7.24. The smallest absolute Gasteiger partial charge is 0.435 e. The fraction of sp³-hybridized carbons (Fsp3) is 0.154. The summed E-state index contributed by atoms with van der Waals surface area (Å²) >= 11 is 0. The Balaban J connectivity index is 1.64. The first kappa shape index (κ1) is 27.1. The number of hydrogen-bond acceptors (Lipinski definition) is 10. The fourth-order valence-corrected chi connectivity index (χ4v) is 3.85. The third-order valence-corrected chi connectivity index (χ3v) is 5.78. The van der Waals surface area contributed by atoms with Crippen LogP contribution in [-0.2, 0) is 10.9 Å². The van der Waals surface area contributed by atoms with Crippen LogP contribution in [0.1, 0.15) is 16.1 Å². The Bertz CT molecular complexity index is 1680. The molecule has 0 aliphatic rings. The maximum Gasteiger partial charge on any atom is 0.435 e. The van der Waals surface area contributed by atoms with Crippen LogP contribution in [0.3, 0.4) is 0 Å². The number of hydrogen-bond donors (Lipinski definition) is 1. The first-order chi connectivity index (χ1) is 19.7. The van der Waals surface area contributed by atoms with Gasteiger partial charge in [0.1, 0.15) is 17.1 Å². The monoisotopic (exact) mass is 566 g/mol. The van der Waals surface area contributed by atoms with Crippen molar-refractivity contribution in [2.24, 2.45) is 0 Å². The van der Waals surface area contributed by atoms with Crippen molar-refractivity contribution < 1.29 is 32.2 Å². The number of aromatic nitrogens is 7. The van der Waals surface area contributed by atoms with Gasteiger partial charge < -0.3 is 19.5 Å². The van der Waals surface area contributed by atoms with Crippen LogP contribution in [0.4, 0.5) is 24.8 Å². The molecule has 4 aromatic heterocycles. The van der Waals surface area contributed by atoms with Crippen LogP contribution in [0.2, 0.25) is 0 Å². The summed E-state index contributed by atoms with van der Waals surface area (Å²) in [6, 6.07) is 8.94. The highest BCUT2D eigenvalue weighted by Gasteiger charge is 2.34. The highest BCUT2D eigenvalue weighted by molar-refractivity contribution is 5.94. The molecule has 12 nitrogen and oxygen atoms in total. The maximum absolute atomic E-state index is 13.4. The molecule has 210 valence electrons. The van der Waals surface area contributed by atoms with Crippen LogP contribution >= 0.6 is 0 Å². The number of rotatable bonds is 8. The zero-order valence-corrected chi connectivity index (χ0v) is 21.7. The number of benzene rings is 1. The minimum Gasteiger partial charge on any atom is -0.497 e. The van der Waals surface area contributed by atoms with Crippen molar-refractivity contribution in [1.82, 2.24) is 34.5 Å². The standard InChI is InChI=1S/C26H21F3N8O4/c1-39-17-10-16(11-18(12-17)40-2)33-25-31-14-20(23(34-25)37-8-5-21(35-37)26(27,28)29)15-9-19(24(38)41-3)22(30-13-15)36-7-4-6-32-36/h4-14H,1-3H3,(H,31,33,34). The maximum atomic E-state index is 13.4. The van der Waals surface area contributed by atoms with E-state index in [1.54, 1.807) is 30.5 Å². The Morgan fingerprint density at radius 2 is 1.68 bits per heavy atom. The SMILES string of the molecule is COC(=O)c1cc(-c2cnc(Nc3cc(OC)cc(OC)c3)nc2-n2ccc(C(F)(F)F)n2)cnc1-n1cccn1. The van der Waals surface area contributed by atoms with Crippen molar-refractivity contribution in [1.29, 1.82) is 0 Å². The molecule has 5 rings (SSSR count). The van der Waals surface area contributed by atoms with Gasteiger partial charge in [0.15, 0.2) is 17.3 Å². The molecule has 41 heavy (non-hydrogen) atoms. The molecule has 0 fully saturated rings. The summed E-state index contributed by atoms with van der Waals surface area (Å²) in [4.78, 5) is 25.8.